The summed E-state index contributed by atoms with van der Waals surface area (Å²) in [6.45, 7) is 3.43. The van der Waals surface area contributed by atoms with Crippen LogP contribution in [0.15, 0.2) is 48.5 Å². The summed E-state index contributed by atoms with van der Waals surface area (Å²) in [6.07, 6.45) is -4.83. The van der Waals surface area contributed by atoms with E-state index in [0.717, 1.165) is 22.3 Å². The zero-order valence-electron chi connectivity index (χ0n) is 16.1. The van der Waals surface area contributed by atoms with Gasteiger partial charge in [-0.25, -0.2) is 4.39 Å². The van der Waals surface area contributed by atoms with Gasteiger partial charge in [-0.15, -0.1) is 5.10 Å². The first-order valence-electron chi connectivity index (χ1n) is 8.99. The van der Waals surface area contributed by atoms with Gasteiger partial charge in [0.2, 0.25) is 0 Å². The van der Waals surface area contributed by atoms with Gasteiger partial charge in [0.05, 0.1) is 0 Å². The first-order valence-corrected chi connectivity index (χ1v) is 8.99. The Balaban J connectivity index is 1.90. The van der Waals surface area contributed by atoms with Crippen molar-refractivity contribution < 1.29 is 27.1 Å². The number of halogens is 4. The van der Waals surface area contributed by atoms with Gasteiger partial charge in [0.1, 0.15) is 11.6 Å². The molecular formula is C20H18F4N4O2. The number of carbonyl (C=O) groups is 1. The molecule has 0 saturated heterocycles. The predicted octanol–water partition coefficient (Wildman–Crippen LogP) is 4.57. The van der Waals surface area contributed by atoms with Crippen LogP contribution in [-0.2, 0) is 6.54 Å². The summed E-state index contributed by atoms with van der Waals surface area (Å²) in [6, 6.07) is 8.42. The minimum atomic E-state index is -4.83. The fraction of sp³-hybridized carbons (Fsp3) is 0.250. The molecule has 0 fully saturated rings. The van der Waals surface area contributed by atoms with E-state index in [-0.39, 0.29) is 23.9 Å². The highest BCUT2D eigenvalue weighted by atomic mass is 19.4. The lowest BCUT2D eigenvalue weighted by atomic mass is 10.1. The molecule has 0 aliphatic rings. The molecule has 10 heteroatoms. The molecule has 0 radical (unpaired) electrons. The van der Waals surface area contributed by atoms with Crippen molar-refractivity contribution in [2.45, 2.75) is 32.6 Å². The Morgan fingerprint density at radius 2 is 1.73 bits per heavy atom. The number of ether oxygens (including phenoxy) is 1. The number of alkyl halides is 3. The Morgan fingerprint density at radius 1 is 1.10 bits per heavy atom. The van der Waals surface area contributed by atoms with Crippen LogP contribution in [-0.4, -0.2) is 26.8 Å². The van der Waals surface area contributed by atoms with Crippen molar-refractivity contribution >= 4 is 5.91 Å². The van der Waals surface area contributed by atoms with Crippen molar-refractivity contribution in [1.82, 2.24) is 20.1 Å². The molecule has 0 aliphatic carbocycles. The van der Waals surface area contributed by atoms with Gasteiger partial charge in [0.15, 0.2) is 11.9 Å². The highest BCUT2D eigenvalue weighted by Gasteiger charge is 2.45. The van der Waals surface area contributed by atoms with E-state index in [1.54, 1.807) is 26.0 Å². The SMILES string of the molecule is CCn1c(Oc2ccc(F)cc2)nnc1C(NC(=O)c1ccc(C)cc1)C(F)(F)F. The number of benzene rings is 2. The monoisotopic (exact) mass is 422 g/mol. The van der Waals surface area contributed by atoms with E-state index in [9.17, 15) is 22.4 Å². The van der Waals surface area contributed by atoms with Crippen LogP contribution in [0.1, 0.15) is 34.7 Å². The van der Waals surface area contributed by atoms with Crippen LogP contribution in [0.2, 0.25) is 0 Å². The summed E-state index contributed by atoms with van der Waals surface area (Å²) >= 11 is 0. The summed E-state index contributed by atoms with van der Waals surface area (Å²) in [7, 11) is 0. The number of nitrogens with zero attached hydrogens (tertiary/aromatic N) is 3. The molecule has 0 bridgehead atoms. The third-order valence-electron chi connectivity index (χ3n) is 4.26. The van der Waals surface area contributed by atoms with Crippen LogP contribution in [0.4, 0.5) is 17.6 Å². The molecule has 1 atom stereocenters. The summed E-state index contributed by atoms with van der Waals surface area (Å²) in [4.78, 5) is 12.4. The molecule has 3 aromatic rings. The fourth-order valence-corrected chi connectivity index (χ4v) is 2.71. The maximum absolute atomic E-state index is 13.8. The second-order valence-corrected chi connectivity index (χ2v) is 6.46. The van der Waals surface area contributed by atoms with Crippen molar-refractivity contribution in [1.29, 1.82) is 0 Å². The van der Waals surface area contributed by atoms with Gasteiger partial charge < -0.3 is 10.1 Å². The zero-order chi connectivity index (χ0) is 21.9. The molecule has 1 N–H and O–H groups in total. The lowest BCUT2D eigenvalue weighted by Gasteiger charge is -2.21. The third-order valence-corrected chi connectivity index (χ3v) is 4.26. The van der Waals surface area contributed by atoms with E-state index >= 15 is 0 Å². The van der Waals surface area contributed by atoms with Gasteiger partial charge in [-0.2, -0.15) is 13.2 Å². The van der Waals surface area contributed by atoms with E-state index in [0.29, 0.717) is 0 Å². The number of rotatable bonds is 6. The molecule has 0 spiro atoms. The van der Waals surface area contributed by atoms with E-state index in [1.165, 1.54) is 24.3 Å². The first-order chi connectivity index (χ1) is 14.2. The molecule has 0 saturated carbocycles. The van der Waals surface area contributed by atoms with E-state index in [4.69, 9.17) is 4.74 Å². The molecule has 2 aromatic carbocycles. The normalized spacial score (nSPS) is 12.5. The van der Waals surface area contributed by atoms with Crippen LogP contribution in [0, 0.1) is 12.7 Å². The molecule has 1 aromatic heterocycles. The van der Waals surface area contributed by atoms with Crippen LogP contribution in [0.3, 0.4) is 0 Å². The van der Waals surface area contributed by atoms with Gasteiger partial charge in [0, 0.05) is 12.1 Å². The van der Waals surface area contributed by atoms with Crippen LogP contribution in [0.5, 0.6) is 11.8 Å². The van der Waals surface area contributed by atoms with Crippen LogP contribution >= 0.6 is 0 Å². The van der Waals surface area contributed by atoms with Gasteiger partial charge in [-0.1, -0.05) is 22.8 Å². The van der Waals surface area contributed by atoms with E-state index in [1.807, 2.05) is 5.32 Å². The minimum absolute atomic E-state index is 0.0475. The second kappa shape index (κ2) is 8.52. The number of hydrogen-bond donors (Lipinski definition) is 1. The predicted molar refractivity (Wildman–Crippen MR) is 99.6 cm³/mol. The lowest BCUT2D eigenvalue weighted by molar-refractivity contribution is -0.157. The van der Waals surface area contributed by atoms with E-state index in [2.05, 4.69) is 10.2 Å². The molecule has 1 unspecified atom stereocenters. The molecule has 158 valence electrons. The minimum Gasteiger partial charge on any atom is -0.424 e. The Hall–Kier alpha value is -3.43. The average molecular weight is 422 g/mol. The zero-order valence-corrected chi connectivity index (χ0v) is 16.1. The number of amides is 1. The van der Waals surface area contributed by atoms with Gasteiger partial charge >= 0.3 is 12.2 Å². The molecule has 3 rings (SSSR count). The quantitative estimate of drug-likeness (QED) is 0.591. The second-order valence-electron chi connectivity index (χ2n) is 6.46. The molecule has 1 amide bonds. The maximum Gasteiger partial charge on any atom is 0.416 e. The topological polar surface area (TPSA) is 69.0 Å². The fourth-order valence-electron chi connectivity index (χ4n) is 2.71. The highest BCUT2D eigenvalue weighted by molar-refractivity contribution is 5.94. The largest absolute Gasteiger partial charge is 0.424 e. The van der Waals surface area contributed by atoms with Crippen molar-refractivity contribution in [2.24, 2.45) is 0 Å². The molecule has 30 heavy (non-hydrogen) atoms. The number of aromatic nitrogens is 3. The smallest absolute Gasteiger partial charge is 0.416 e. The third kappa shape index (κ3) is 4.76. The summed E-state index contributed by atoms with van der Waals surface area (Å²) in [5, 5.41) is 9.26. The summed E-state index contributed by atoms with van der Waals surface area (Å²) < 4.78 is 60.9. The van der Waals surface area contributed by atoms with Crippen molar-refractivity contribution in [2.75, 3.05) is 0 Å². The molecule has 1 heterocycles. The Bertz CT molecular complexity index is 1010. The maximum atomic E-state index is 13.8. The highest BCUT2D eigenvalue weighted by Crippen LogP contribution is 2.34. The molecule has 6 nitrogen and oxygen atoms in total. The number of aryl methyl sites for hydroxylation is 1. The van der Waals surface area contributed by atoms with Crippen LogP contribution < -0.4 is 10.1 Å². The summed E-state index contributed by atoms with van der Waals surface area (Å²) in [5.41, 5.74) is 0.951. The van der Waals surface area contributed by atoms with Crippen molar-refractivity contribution in [3.63, 3.8) is 0 Å². The Kier molecular flexibility index (Phi) is 6.04. The van der Waals surface area contributed by atoms with Crippen molar-refractivity contribution in [3.8, 4) is 11.8 Å². The molecular weight excluding hydrogens is 404 g/mol. The lowest BCUT2D eigenvalue weighted by Crippen LogP contribution is -2.39. The first kappa shape index (κ1) is 21.3. The molecule has 0 aliphatic heterocycles. The van der Waals surface area contributed by atoms with Gasteiger partial charge in [-0.05, 0) is 50.2 Å². The summed E-state index contributed by atoms with van der Waals surface area (Å²) in [5.74, 6) is -1.74. The Labute approximate surface area is 169 Å². The average Bonchev–Trinajstić information content (AvgIpc) is 3.09. The number of hydrogen-bond acceptors (Lipinski definition) is 4. The van der Waals surface area contributed by atoms with Crippen molar-refractivity contribution in [3.05, 3.63) is 71.3 Å². The standard InChI is InChI=1S/C20H18F4N4O2/c1-3-28-17(26-27-19(28)30-15-10-8-14(21)9-11-15)16(20(22,23)24)25-18(29)13-6-4-12(2)5-7-13/h4-11,16H,3H2,1-2H3,(H,25,29). The van der Waals surface area contributed by atoms with Gasteiger partial charge in [0.25, 0.3) is 5.91 Å². The number of nitrogens with one attached hydrogen (secondary N) is 1. The van der Waals surface area contributed by atoms with Crippen LogP contribution in [0.25, 0.3) is 0 Å². The number of carbonyl (C=O) groups excluding carboxylic acids is 1. The van der Waals surface area contributed by atoms with Gasteiger partial charge in [-0.3, -0.25) is 9.36 Å². The van der Waals surface area contributed by atoms with E-state index < -0.39 is 29.8 Å². The Morgan fingerprint density at radius 3 is 2.30 bits per heavy atom.